The molecule has 164 valence electrons. The summed E-state index contributed by atoms with van der Waals surface area (Å²) in [4.78, 5) is 0. The summed E-state index contributed by atoms with van der Waals surface area (Å²) in [7, 11) is 0. The van der Waals surface area contributed by atoms with Crippen LogP contribution in [0.1, 0.15) is 126 Å². The summed E-state index contributed by atoms with van der Waals surface area (Å²) in [5.74, 6) is 0. The highest BCUT2D eigenvalue weighted by atomic mass is 16.3. The van der Waals surface area contributed by atoms with Crippen molar-refractivity contribution in [2.75, 3.05) is 0 Å². The zero-order chi connectivity index (χ0) is 19.1. The average molecular weight is 379 g/mol. The second-order valence-electron chi connectivity index (χ2n) is 7.97. The fourth-order valence-electron chi connectivity index (χ4n) is 3.49. The van der Waals surface area contributed by atoms with Crippen molar-refractivity contribution in [3.05, 3.63) is 0 Å². The standard InChI is InChI=1S/C19H39O.C3H7O.2H3N/c1-6-10-14-18(5,20)19(15-11-7-2,16-12-8-3)17-13-9-4;1-3(2)4;;/h6-17H2,1-5H3;3H,1-2H3;2*1H3/q2*-1;;/p+2. The number of hydrogen-bond donors (Lipinski definition) is 2. The van der Waals surface area contributed by atoms with Crippen LogP contribution in [0.25, 0.3) is 0 Å². The maximum Gasteiger partial charge on any atom is -0.0396 e. The van der Waals surface area contributed by atoms with E-state index in [-0.39, 0.29) is 17.7 Å². The molecule has 4 nitrogen and oxygen atoms in total. The molecule has 0 heterocycles. The number of hydrogen-bond acceptors (Lipinski definition) is 2. The van der Waals surface area contributed by atoms with E-state index in [0.29, 0.717) is 0 Å². The summed E-state index contributed by atoms with van der Waals surface area (Å²) in [6, 6.07) is 0. The van der Waals surface area contributed by atoms with Crippen LogP contribution in [0, 0.1) is 5.41 Å². The third-order valence-corrected chi connectivity index (χ3v) is 5.16. The molecule has 26 heavy (non-hydrogen) atoms. The Balaban J connectivity index is -0.000000363. The molecule has 0 aliphatic heterocycles. The van der Waals surface area contributed by atoms with E-state index in [1.54, 1.807) is 13.8 Å². The van der Waals surface area contributed by atoms with Crippen LogP contribution in [0.4, 0.5) is 0 Å². The Labute approximate surface area is 165 Å². The molecule has 0 amide bonds. The van der Waals surface area contributed by atoms with Crippen molar-refractivity contribution in [2.24, 2.45) is 5.41 Å². The Morgan fingerprint density at radius 2 is 0.885 bits per heavy atom. The van der Waals surface area contributed by atoms with Crippen molar-refractivity contribution in [3.63, 3.8) is 0 Å². The first kappa shape index (κ1) is 33.4. The maximum absolute atomic E-state index is 13.4. The SMILES string of the molecule is CC(C)[O-].CCCCC(C)([O-])C(CCCC)(CCCC)CCCC.[NH4+].[NH4+]. The largest absolute Gasteiger partial charge is 0.852 e. The van der Waals surface area contributed by atoms with Gasteiger partial charge in [-0.3, -0.25) is 0 Å². The number of unbranched alkanes of at least 4 members (excludes halogenated alkanes) is 4. The van der Waals surface area contributed by atoms with Gasteiger partial charge in [0, 0.05) is 0 Å². The summed E-state index contributed by atoms with van der Waals surface area (Å²) >= 11 is 0. The topological polar surface area (TPSA) is 119 Å². The molecule has 4 heteroatoms. The van der Waals surface area contributed by atoms with Gasteiger partial charge in [0.2, 0.25) is 0 Å². The van der Waals surface area contributed by atoms with Gasteiger partial charge in [-0.2, -0.15) is 0 Å². The van der Waals surface area contributed by atoms with Gasteiger partial charge in [-0.1, -0.05) is 106 Å². The monoisotopic (exact) mass is 378 g/mol. The highest BCUT2D eigenvalue weighted by Gasteiger charge is 2.37. The van der Waals surface area contributed by atoms with Crippen molar-refractivity contribution in [3.8, 4) is 0 Å². The van der Waals surface area contributed by atoms with Gasteiger partial charge in [-0.25, -0.2) is 0 Å². The van der Waals surface area contributed by atoms with Crippen molar-refractivity contribution in [1.82, 2.24) is 12.3 Å². The fourth-order valence-corrected chi connectivity index (χ4v) is 3.49. The van der Waals surface area contributed by atoms with Gasteiger partial charge in [-0.05, 0) is 24.7 Å². The molecule has 0 aliphatic carbocycles. The zero-order valence-corrected chi connectivity index (χ0v) is 19.9. The minimum absolute atomic E-state index is 0. The van der Waals surface area contributed by atoms with Crippen molar-refractivity contribution >= 4 is 0 Å². The van der Waals surface area contributed by atoms with Crippen molar-refractivity contribution in [2.45, 2.75) is 137 Å². The smallest absolute Gasteiger partial charge is 0.0396 e. The van der Waals surface area contributed by atoms with Crippen LogP contribution in [0.15, 0.2) is 0 Å². The summed E-state index contributed by atoms with van der Waals surface area (Å²) in [5.41, 5.74) is -0.688. The molecule has 8 N–H and O–H groups in total. The van der Waals surface area contributed by atoms with Gasteiger partial charge in [-0.15, -0.1) is 11.7 Å². The molecule has 0 fully saturated rings. The Hall–Kier alpha value is -0.160. The van der Waals surface area contributed by atoms with E-state index >= 15 is 0 Å². The van der Waals surface area contributed by atoms with Crippen LogP contribution in [-0.2, 0) is 0 Å². The quantitative estimate of drug-likeness (QED) is 0.387. The van der Waals surface area contributed by atoms with Gasteiger partial charge < -0.3 is 22.5 Å². The molecule has 0 aromatic rings. The molecule has 0 spiro atoms. The zero-order valence-electron chi connectivity index (χ0n) is 19.9. The van der Waals surface area contributed by atoms with Gasteiger partial charge in [0.05, 0.1) is 0 Å². The normalized spacial score (nSPS) is 13.2. The molecule has 0 aromatic heterocycles. The minimum Gasteiger partial charge on any atom is -0.852 e. The summed E-state index contributed by atoms with van der Waals surface area (Å²) in [6.07, 6.45) is 13.4. The van der Waals surface area contributed by atoms with Crippen LogP contribution in [-0.4, -0.2) is 11.7 Å². The maximum atomic E-state index is 13.4. The molecule has 0 saturated heterocycles. The van der Waals surface area contributed by atoms with Crippen molar-refractivity contribution < 1.29 is 10.2 Å². The second kappa shape index (κ2) is 19.6. The van der Waals surface area contributed by atoms with Gasteiger partial charge in [0.1, 0.15) is 0 Å². The third kappa shape index (κ3) is 15.0. The molecule has 0 saturated carbocycles. The minimum atomic E-state index is -0.734. The van der Waals surface area contributed by atoms with E-state index in [4.69, 9.17) is 0 Å². The van der Waals surface area contributed by atoms with Crippen LogP contribution >= 0.6 is 0 Å². The lowest BCUT2D eigenvalue weighted by molar-refractivity contribution is -0.507. The van der Waals surface area contributed by atoms with Crippen LogP contribution in [0.2, 0.25) is 0 Å². The Kier molecular flexibility index (Phi) is 25.2. The van der Waals surface area contributed by atoms with Gasteiger partial charge >= 0.3 is 0 Å². The van der Waals surface area contributed by atoms with E-state index in [1.165, 1.54) is 38.5 Å². The van der Waals surface area contributed by atoms with Crippen LogP contribution in [0.5, 0.6) is 0 Å². The van der Waals surface area contributed by atoms with E-state index in [1.807, 2.05) is 6.92 Å². The molecular weight excluding hydrogens is 324 g/mol. The van der Waals surface area contributed by atoms with E-state index in [0.717, 1.165) is 38.5 Å². The Bertz CT molecular complexity index is 244. The highest BCUT2D eigenvalue weighted by Crippen LogP contribution is 2.46. The first-order chi connectivity index (χ1) is 11.2. The fraction of sp³-hybridized carbons (Fsp3) is 1.00. The summed E-state index contributed by atoms with van der Waals surface area (Å²) in [6.45, 7) is 14.2. The highest BCUT2D eigenvalue weighted by molar-refractivity contribution is 4.94. The third-order valence-electron chi connectivity index (χ3n) is 5.16. The molecule has 1 unspecified atom stereocenters. The lowest BCUT2D eigenvalue weighted by Crippen LogP contribution is -2.56. The van der Waals surface area contributed by atoms with Crippen LogP contribution in [0.3, 0.4) is 0 Å². The first-order valence-corrected chi connectivity index (χ1v) is 10.6. The lowest BCUT2D eigenvalue weighted by Gasteiger charge is -2.56. The number of rotatable bonds is 13. The molecule has 0 aliphatic rings. The average Bonchev–Trinajstić information content (AvgIpc) is 2.52. The van der Waals surface area contributed by atoms with E-state index < -0.39 is 11.7 Å². The van der Waals surface area contributed by atoms with Gasteiger partial charge in [0.15, 0.2) is 0 Å². The van der Waals surface area contributed by atoms with Crippen LogP contribution < -0.4 is 22.5 Å². The molecule has 0 aromatic carbocycles. The molecular formula is C22H54N2O2. The van der Waals surface area contributed by atoms with Gasteiger partial charge in [0.25, 0.3) is 0 Å². The summed E-state index contributed by atoms with van der Waals surface area (Å²) < 4.78 is 0. The predicted molar refractivity (Wildman–Crippen MR) is 116 cm³/mol. The number of quaternary nitrogens is 2. The summed E-state index contributed by atoms with van der Waals surface area (Å²) in [5, 5.41) is 22.9. The molecule has 0 rings (SSSR count). The van der Waals surface area contributed by atoms with Crippen molar-refractivity contribution in [1.29, 1.82) is 0 Å². The van der Waals surface area contributed by atoms with E-state index in [9.17, 15) is 10.2 Å². The second-order valence-corrected chi connectivity index (χ2v) is 7.97. The Morgan fingerprint density at radius 1 is 0.654 bits per heavy atom. The Morgan fingerprint density at radius 3 is 1.12 bits per heavy atom. The lowest BCUT2D eigenvalue weighted by atomic mass is 9.62. The molecule has 0 bridgehead atoms. The molecule has 0 radical (unpaired) electrons. The van der Waals surface area contributed by atoms with E-state index in [2.05, 4.69) is 27.7 Å². The molecule has 1 atom stereocenters. The predicted octanol–water partition coefficient (Wildman–Crippen LogP) is 6.36. The first-order valence-electron chi connectivity index (χ1n) is 10.6.